The van der Waals surface area contributed by atoms with E-state index in [0.717, 1.165) is 6.07 Å². The monoisotopic (exact) mass is 279 g/mol. The number of aromatic nitrogens is 1. The number of nitrogens with one attached hydrogen (secondary N) is 1. The molecule has 0 saturated carbocycles. The van der Waals surface area contributed by atoms with E-state index in [1.165, 1.54) is 0 Å². The zero-order chi connectivity index (χ0) is 13.7. The average molecular weight is 280 g/mol. The van der Waals surface area contributed by atoms with Gasteiger partial charge in [-0.25, -0.2) is 8.78 Å². The number of ether oxygens (including phenoxy) is 1. The zero-order valence-corrected chi connectivity index (χ0v) is 10.4. The number of rotatable bonds is 5. The first-order chi connectivity index (χ1) is 8.49. The lowest BCUT2D eigenvalue weighted by atomic mass is 10.1. The molecule has 0 aromatic carbocycles. The summed E-state index contributed by atoms with van der Waals surface area (Å²) >= 11 is 5.46. The minimum absolute atomic E-state index is 0.0413. The lowest BCUT2D eigenvalue weighted by Gasteiger charge is -2.09. The Kier molecular flexibility index (Phi) is 5.27. The summed E-state index contributed by atoms with van der Waals surface area (Å²) in [5.74, 6) is -0.844. The second-order valence-corrected chi connectivity index (χ2v) is 3.74. The Hall–Kier alpha value is -1.43. The van der Waals surface area contributed by atoms with Crippen LogP contribution in [-0.2, 0) is 21.8 Å². The summed E-state index contributed by atoms with van der Waals surface area (Å²) in [5.41, 5.74) is -1.08. The van der Waals surface area contributed by atoms with Gasteiger partial charge in [-0.2, -0.15) is 0 Å². The van der Waals surface area contributed by atoms with Gasteiger partial charge in [-0.05, 0) is 13.0 Å². The number of alkyl halides is 3. The van der Waals surface area contributed by atoms with Gasteiger partial charge < -0.3 is 9.72 Å². The van der Waals surface area contributed by atoms with Crippen molar-refractivity contribution in [3.8, 4) is 0 Å². The predicted molar refractivity (Wildman–Crippen MR) is 61.9 cm³/mol. The number of aromatic amines is 1. The number of H-pyrrole nitrogens is 1. The van der Waals surface area contributed by atoms with Crippen LogP contribution in [0.25, 0.3) is 0 Å². The van der Waals surface area contributed by atoms with Crippen molar-refractivity contribution in [1.29, 1.82) is 0 Å². The highest BCUT2D eigenvalue weighted by Crippen LogP contribution is 2.22. The van der Waals surface area contributed by atoms with Crippen LogP contribution in [0, 0.1) is 0 Å². The van der Waals surface area contributed by atoms with Crippen LogP contribution in [0.5, 0.6) is 0 Å². The first-order valence-electron chi connectivity index (χ1n) is 5.24. The topological polar surface area (TPSA) is 59.2 Å². The van der Waals surface area contributed by atoms with Gasteiger partial charge in [0.05, 0.1) is 18.9 Å². The molecule has 0 spiro atoms. The molecule has 18 heavy (non-hydrogen) atoms. The van der Waals surface area contributed by atoms with Crippen LogP contribution >= 0.6 is 11.6 Å². The Labute approximate surface area is 107 Å². The summed E-state index contributed by atoms with van der Waals surface area (Å²) in [6.07, 6.45) is -3.20. The number of carbonyl (C=O) groups excluding carboxylic acids is 1. The fourth-order valence-corrected chi connectivity index (χ4v) is 1.62. The molecule has 0 saturated heterocycles. The van der Waals surface area contributed by atoms with Crippen molar-refractivity contribution < 1.29 is 18.3 Å². The van der Waals surface area contributed by atoms with E-state index in [9.17, 15) is 18.4 Å². The number of halogens is 3. The van der Waals surface area contributed by atoms with E-state index in [4.69, 9.17) is 11.6 Å². The van der Waals surface area contributed by atoms with E-state index in [-0.39, 0.29) is 23.7 Å². The van der Waals surface area contributed by atoms with Crippen LogP contribution < -0.4 is 5.56 Å². The maximum Gasteiger partial charge on any atom is 0.311 e. The number of carbonyl (C=O) groups is 1. The summed E-state index contributed by atoms with van der Waals surface area (Å²) in [6.45, 7) is 1.75. The molecule has 0 radical (unpaired) electrons. The highest BCUT2D eigenvalue weighted by molar-refractivity contribution is 6.17. The molecule has 1 aromatic heterocycles. The van der Waals surface area contributed by atoms with Crippen LogP contribution in [0.2, 0.25) is 0 Å². The quantitative estimate of drug-likeness (QED) is 0.664. The largest absolute Gasteiger partial charge is 0.466 e. The van der Waals surface area contributed by atoms with E-state index in [2.05, 4.69) is 9.72 Å². The molecule has 0 aliphatic carbocycles. The van der Waals surface area contributed by atoms with Crippen LogP contribution in [0.4, 0.5) is 8.78 Å². The van der Waals surface area contributed by atoms with Gasteiger partial charge >= 0.3 is 5.97 Å². The second-order valence-electron chi connectivity index (χ2n) is 3.47. The number of pyridine rings is 1. The van der Waals surface area contributed by atoms with Gasteiger partial charge in [-0.15, -0.1) is 11.6 Å². The molecular weight excluding hydrogens is 268 g/mol. The van der Waals surface area contributed by atoms with Crippen molar-refractivity contribution in [1.82, 2.24) is 4.98 Å². The van der Waals surface area contributed by atoms with Crippen molar-refractivity contribution in [2.45, 2.75) is 25.7 Å². The lowest BCUT2D eigenvalue weighted by Crippen LogP contribution is -2.19. The minimum atomic E-state index is -2.80. The van der Waals surface area contributed by atoms with Crippen LogP contribution in [0.15, 0.2) is 10.9 Å². The van der Waals surface area contributed by atoms with Gasteiger partial charge in [0.25, 0.3) is 12.0 Å². The van der Waals surface area contributed by atoms with E-state index in [1.54, 1.807) is 6.92 Å². The first kappa shape index (κ1) is 14.6. The van der Waals surface area contributed by atoms with Gasteiger partial charge in [-0.3, -0.25) is 9.59 Å². The SMILES string of the molecule is CCOC(=O)Cc1[nH]c(=O)c(CCl)cc1C(F)F. The van der Waals surface area contributed by atoms with Crippen molar-refractivity contribution in [3.05, 3.63) is 33.2 Å². The maximum absolute atomic E-state index is 12.8. The Bertz CT molecular complexity index is 488. The molecule has 1 heterocycles. The normalized spacial score (nSPS) is 10.7. The van der Waals surface area contributed by atoms with Crippen molar-refractivity contribution in [3.63, 3.8) is 0 Å². The summed E-state index contributed by atoms with van der Waals surface area (Å²) in [6, 6.07) is 1.02. The molecule has 1 rings (SSSR count). The highest BCUT2D eigenvalue weighted by atomic mass is 35.5. The predicted octanol–water partition coefficient (Wildman–Crippen LogP) is 2.16. The Morgan fingerprint density at radius 1 is 1.56 bits per heavy atom. The van der Waals surface area contributed by atoms with Crippen molar-refractivity contribution >= 4 is 17.6 Å². The summed E-state index contributed by atoms with van der Waals surface area (Å²) in [5, 5.41) is 0. The fraction of sp³-hybridized carbons (Fsp3) is 0.455. The number of esters is 1. The molecule has 0 fully saturated rings. The molecule has 0 bridgehead atoms. The van der Waals surface area contributed by atoms with Crippen molar-refractivity contribution in [2.75, 3.05) is 6.61 Å². The maximum atomic E-state index is 12.8. The Morgan fingerprint density at radius 2 is 2.22 bits per heavy atom. The molecule has 1 N–H and O–H groups in total. The molecule has 0 unspecified atom stereocenters. The Morgan fingerprint density at radius 3 is 2.72 bits per heavy atom. The van der Waals surface area contributed by atoms with E-state index in [0.29, 0.717) is 0 Å². The fourth-order valence-electron chi connectivity index (χ4n) is 1.43. The van der Waals surface area contributed by atoms with E-state index in [1.807, 2.05) is 0 Å². The molecule has 0 aliphatic heterocycles. The Balaban J connectivity index is 3.13. The number of hydrogen-bond acceptors (Lipinski definition) is 3. The lowest BCUT2D eigenvalue weighted by molar-refractivity contribution is -0.142. The summed E-state index contributed by atoms with van der Waals surface area (Å²) in [4.78, 5) is 24.9. The van der Waals surface area contributed by atoms with Gasteiger partial charge in [0.2, 0.25) is 0 Å². The molecule has 4 nitrogen and oxygen atoms in total. The first-order valence-corrected chi connectivity index (χ1v) is 5.77. The molecule has 1 aromatic rings. The van der Waals surface area contributed by atoms with Gasteiger partial charge in [0, 0.05) is 16.8 Å². The second kappa shape index (κ2) is 6.49. The minimum Gasteiger partial charge on any atom is -0.466 e. The molecular formula is C11H12ClF2NO3. The van der Waals surface area contributed by atoms with E-state index < -0.39 is 29.9 Å². The average Bonchev–Trinajstić information content (AvgIpc) is 2.29. The third-order valence-electron chi connectivity index (χ3n) is 2.24. The third-order valence-corrected chi connectivity index (χ3v) is 2.53. The third kappa shape index (κ3) is 3.53. The van der Waals surface area contributed by atoms with Crippen LogP contribution in [-0.4, -0.2) is 17.6 Å². The standard InChI is InChI=1S/C11H12ClF2NO3/c1-2-18-9(16)4-8-7(10(13)14)3-6(5-12)11(17)15-8/h3,10H,2,4-5H2,1H3,(H,15,17). The van der Waals surface area contributed by atoms with E-state index >= 15 is 0 Å². The molecule has 0 amide bonds. The van der Waals surface area contributed by atoms with Gasteiger partial charge in [0.15, 0.2) is 0 Å². The van der Waals surface area contributed by atoms with Gasteiger partial charge in [0.1, 0.15) is 0 Å². The molecule has 100 valence electrons. The zero-order valence-electron chi connectivity index (χ0n) is 9.63. The summed E-state index contributed by atoms with van der Waals surface area (Å²) < 4.78 is 30.2. The number of hydrogen-bond donors (Lipinski definition) is 1. The smallest absolute Gasteiger partial charge is 0.311 e. The molecule has 7 heteroatoms. The molecule has 0 aliphatic rings. The highest BCUT2D eigenvalue weighted by Gasteiger charge is 2.18. The summed E-state index contributed by atoms with van der Waals surface area (Å²) in [7, 11) is 0. The van der Waals surface area contributed by atoms with Gasteiger partial charge in [-0.1, -0.05) is 0 Å². The molecule has 0 atom stereocenters. The van der Waals surface area contributed by atoms with Crippen LogP contribution in [0.1, 0.15) is 30.2 Å². The van der Waals surface area contributed by atoms with Crippen LogP contribution in [0.3, 0.4) is 0 Å². The van der Waals surface area contributed by atoms with Crippen molar-refractivity contribution in [2.24, 2.45) is 0 Å².